The van der Waals surface area contributed by atoms with E-state index >= 15 is 0 Å². The van der Waals surface area contributed by atoms with E-state index < -0.39 is 11.0 Å². The molecule has 5 aromatic carbocycles. The maximum absolute atomic E-state index is 14.7. The molecule has 54 heavy (non-hydrogen) atoms. The molecule has 1 saturated heterocycles. The predicted molar refractivity (Wildman–Crippen MR) is 210 cm³/mol. The molecule has 7 aromatic rings. The van der Waals surface area contributed by atoms with Gasteiger partial charge >= 0.3 is 0 Å². The van der Waals surface area contributed by atoms with Crippen LogP contribution in [0.2, 0.25) is 0 Å². The number of aromatic nitrogens is 3. The van der Waals surface area contributed by atoms with Crippen LogP contribution < -0.4 is 5.43 Å². The van der Waals surface area contributed by atoms with Gasteiger partial charge in [0.25, 0.3) is 5.91 Å². The highest BCUT2D eigenvalue weighted by atomic mass is 19.1. The van der Waals surface area contributed by atoms with Crippen LogP contribution in [0.15, 0.2) is 152 Å². The number of hydrogen-bond donors (Lipinski definition) is 2. The fourth-order valence-electron chi connectivity index (χ4n) is 8.21. The quantitative estimate of drug-likeness (QED) is 0.139. The lowest BCUT2D eigenvalue weighted by atomic mass is 9.76. The van der Waals surface area contributed by atoms with Gasteiger partial charge in [-0.3, -0.25) is 15.2 Å². The number of hydrogen-bond acceptors (Lipinski definition) is 5. The van der Waals surface area contributed by atoms with Gasteiger partial charge in [-0.2, -0.15) is 5.10 Å². The Bertz CT molecular complexity index is 2300. The van der Waals surface area contributed by atoms with Gasteiger partial charge < -0.3 is 5.11 Å². The highest BCUT2D eigenvalue weighted by Crippen LogP contribution is 2.44. The van der Waals surface area contributed by atoms with E-state index in [1.54, 1.807) is 18.3 Å². The number of benzene rings is 5. The molecule has 2 aromatic heterocycles. The molecule has 7 nitrogen and oxygen atoms in total. The molecule has 0 spiro atoms. The van der Waals surface area contributed by atoms with Gasteiger partial charge in [-0.15, -0.1) is 0 Å². The number of aryl methyl sites for hydroxylation is 1. The molecule has 1 atom stereocenters. The summed E-state index contributed by atoms with van der Waals surface area (Å²) in [6.45, 7) is 2.87. The van der Waals surface area contributed by atoms with Crippen molar-refractivity contribution in [2.24, 2.45) is 5.41 Å². The number of pyridine rings is 1. The average molecular weight is 716 g/mol. The number of aliphatic hydroxyl groups excluding tert-OH is 1. The molecule has 3 heterocycles. The third kappa shape index (κ3) is 6.48. The lowest BCUT2D eigenvalue weighted by molar-refractivity contribution is 0.00815. The number of carbonyl (C=O) groups excluding carboxylic acids is 1. The zero-order chi connectivity index (χ0) is 37.1. The maximum Gasteiger partial charge on any atom is 0.265 e. The summed E-state index contributed by atoms with van der Waals surface area (Å²) in [6.07, 6.45) is 3.66. The first-order valence-electron chi connectivity index (χ1n) is 18.4. The van der Waals surface area contributed by atoms with Crippen LogP contribution in [0.25, 0.3) is 22.2 Å². The van der Waals surface area contributed by atoms with E-state index in [9.17, 15) is 14.3 Å². The summed E-state index contributed by atoms with van der Waals surface area (Å²) in [5.41, 5.74) is 9.19. The standard InChI is InChI=1S/C46H42FN5O2/c1-33-28-34(24-26-48-33)43-40-29-35(44(54)50-51-27-13-25-45(31-51,32-53)30-36-14-11-12-21-41(36)47)22-23-42(40)52(49-43)46(37-15-5-2-6-16-37,38-17-7-3-8-18-38)39-19-9-4-10-20-39/h2-12,14-24,26,28-29,53H,13,25,27,30-32H2,1H3,(H,50,54). The van der Waals surface area contributed by atoms with Crippen LogP contribution in [0.4, 0.5) is 4.39 Å². The van der Waals surface area contributed by atoms with Gasteiger partial charge in [0.15, 0.2) is 0 Å². The van der Waals surface area contributed by atoms with Crippen molar-refractivity contribution in [2.75, 3.05) is 19.7 Å². The predicted octanol–water partition coefficient (Wildman–Crippen LogP) is 8.35. The number of halogens is 1. The minimum absolute atomic E-state index is 0.112. The molecule has 270 valence electrons. The van der Waals surface area contributed by atoms with Crippen molar-refractivity contribution in [2.45, 2.75) is 31.7 Å². The molecule has 0 saturated carbocycles. The van der Waals surface area contributed by atoms with Gasteiger partial charge in [0, 0.05) is 46.9 Å². The topological polar surface area (TPSA) is 83.3 Å². The number of hydrazine groups is 1. The van der Waals surface area contributed by atoms with Gasteiger partial charge in [0.05, 0.1) is 12.1 Å². The molecule has 0 aliphatic carbocycles. The van der Waals surface area contributed by atoms with Crippen molar-refractivity contribution in [1.82, 2.24) is 25.2 Å². The van der Waals surface area contributed by atoms with Gasteiger partial charge in [-0.1, -0.05) is 109 Å². The smallest absolute Gasteiger partial charge is 0.265 e. The summed E-state index contributed by atoms with van der Waals surface area (Å²) in [5, 5.41) is 18.8. The minimum Gasteiger partial charge on any atom is -0.396 e. The second kappa shape index (κ2) is 14.8. The van der Waals surface area contributed by atoms with E-state index in [0.717, 1.165) is 57.4 Å². The fourth-order valence-corrected chi connectivity index (χ4v) is 8.21. The van der Waals surface area contributed by atoms with Crippen molar-refractivity contribution < 1.29 is 14.3 Å². The van der Waals surface area contributed by atoms with E-state index in [1.165, 1.54) is 6.07 Å². The van der Waals surface area contributed by atoms with Crippen LogP contribution in [0.5, 0.6) is 0 Å². The lowest BCUT2D eigenvalue weighted by Crippen LogP contribution is -2.53. The molecule has 0 bridgehead atoms. The minimum atomic E-state index is -0.869. The number of aliphatic hydroxyl groups is 1. The first-order chi connectivity index (χ1) is 26.4. The van der Waals surface area contributed by atoms with Crippen LogP contribution in [-0.2, 0) is 12.0 Å². The molecule has 8 heteroatoms. The molecule has 1 amide bonds. The van der Waals surface area contributed by atoms with Crippen molar-refractivity contribution in [3.8, 4) is 11.3 Å². The van der Waals surface area contributed by atoms with Crippen LogP contribution in [0.3, 0.4) is 0 Å². The summed E-state index contributed by atoms with van der Waals surface area (Å²) in [7, 11) is 0. The zero-order valence-electron chi connectivity index (χ0n) is 30.2. The van der Waals surface area contributed by atoms with Gasteiger partial charge in [-0.05, 0) is 84.8 Å². The van der Waals surface area contributed by atoms with Gasteiger partial charge in [0.1, 0.15) is 17.1 Å². The molecular formula is C46H42FN5O2. The van der Waals surface area contributed by atoms with Crippen molar-refractivity contribution in [3.63, 3.8) is 0 Å². The third-order valence-electron chi connectivity index (χ3n) is 10.8. The average Bonchev–Trinajstić information content (AvgIpc) is 3.60. The number of nitrogens with zero attached hydrogens (tertiary/aromatic N) is 4. The molecule has 1 aliphatic rings. The highest BCUT2D eigenvalue weighted by Gasteiger charge is 2.41. The third-order valence-corrected chi connectivity index (χ3v) is 10.8. The van der Waals surface area contributed by atoms with Crippen LogP contribution in [-0.4, -0.2) is 50.5 Å². The first kappa shape index (κ1) is 35.1. The zero-order valence-corrected chi connectivity index (χ0v) is 30.2. The van der Waals surface area contributed by atoms with E-state index in [4.69, 9.17) is 5.10 Å². The highest BCUT2D eigenvalue weighted by molar-refractivity contribution is 6.02. The fraction of sp³-hybridized carbons (Fsp3) is 0.196. The summed E-state index contributed by atoms with van der Waals surface area (Å²) in [5.74, 6) is -0.544. The first-order valence-corrected chi connectivity index (χ1v) is 18.4. The normalized spacial score (nSPS) is 16.4. The SMILES string of the molecule is Cc1cc(-c2nn(C(c3ccccc3)(c3ccccc3)c3ccccc3)c3ccc(C(=O)NN4CCCC(CO)(Cc5ccccc5F)C4)cc23)ccn1. The van der Waals surface area contributed by atoms with Crippen molar-refractivity contribution in [3.05, 3.63) is 191 Å². The number of carbonyl (C=O) groups is 1. The van der Waals surface area contributed by atoms with Crippen molar-refractivity contribution in [1.29, 1.82) is 0 Å². The molecule has 8 rings (SSSR count). The Balaban J connectivity index is 1.25. The van der Waals surface area contributed by atoms with Crippen LogP contribution in [0, 0.1) is 18.2 Å². The second-order valence-corrected chi connectivity index (χ2v) is 14.4. The van der Waals surface area contributed by atoms with Gasteiger partial charge in [0.2, 0.25) is 0 Å². The Morgan fingerprint density at radius 3 is 2.07 bits per heavy atom. The van der Waals surface area contributed by atoms with E-state index in [-0.39, 0.29) is 18.3 Å². The molecule has 1 fully saturated rings. The van der Waals surface area contributed by atoms with Gasteiger partial charge in [-0.25, -0.2) is 14.1 Å². The van der Waals surface area contributed by atoms with E-state index in [1.807, 2.05) is 66.5 Å². The molecule has 2 N–H and O–H groups in total. The number of fused-ring (bicyclic) bond motifs is 1. The number of rotatable bonds is 10. The van der Waals surface area contributed by atoms with E-state index in [0.29, 0.717) is 30.6 Å². The largest absolute Gasteiger partial charge is 0.396 e. The van der Waals surface area contributed by atoms with Crippen molar-refractivity contribution >= 4 is 16.8 Å². The Hall–Kier alpha value is -5.96. The Morgan fingerprint density at radius 1 is 0.833 bits per heavy atom. The molecular weight excluding hydrogens is 674 g/mol. The Labute approximate surface area is 314 Å². The molecule has 0 radical (unpaired) electrons. The number of nitrogens with one attached hydrogen (secondary N) is 1. The summed E-state index contributed by atoms with van der Waals surface area (Å²) >= 11 is 0. The summed E-state index contributed by atoms with van der Waals surface area (Å²) < 4.78 is 16.8. The van der Waals surface area contributed by atoms with Crippen LogP contribution in [0.1, 0.15) is 51.1 Å². The second-order valence-electron chi connectivity index (χ2n) is 14.4. The molecule has 1 aliphatic heterocycles. The van der Waals surface area contributed by atoms with Crippen LogP contribution >= 0.6 is 0 Å². The number of amides is 1. The van der Waals surface area contributed by atoms with E-state index in [2.05, 4.69) is 87.9 Å². The Morgan fingerprint density at radius 2 is 1.46 bits per heavy atom. The monoisotopic (exact) mass is 715 g/mol. The number of piperidine rings is 1. The molecule has 1 unspecified atom stereocenters. The summed E-state index contributed by atoms with van der Waals surface area (Å²) in [4.78, 5) is 18.6. The Kier molecular flexibility index (Phi) is 9.63. The summed E-state index contributed by atoms with van der Waals surface area (Å²) in [6, 6.07) is 47.7. The maximum atomic E-state index is 14.7. The lowest BCUT2D eigenvalue weighted by Gasteiger charge is -2.42.